The topological polar surface area (TPSA) is 96.7 Å². The van der Waals surface area contributed by atoms with Crippen molar-refractivity contribution < 1.29 is 14.3 Å². The molecule has 7 nitrogen and oxygen atoms in total. The van der Waals surface area contributed by atoms with Crippen molar-refractivity contribution in [3.63, 3.8) is 0 Å². The van der Waals surface area contributed by atoms with Gasteiger partial charge in [0, 0.05) is 19.2 Å². The number of carbonyl (C=O) groups is 2. The van der Waals surface area contributed by atoms with E-state index in [1.165, 1.54) is 12.7 Å². The number of rotatable bonds is 4. The molecule has 0 saturated carbocycles. The van der Waals surface area contributed by atoms with Crippen molar-refractivity contribution in [3.05, 3.63) is 53.6 Å². The van der Waals surface area contributed by atoms with Crippen molar-refractivity contribution in [3.8, 4) is 5.75 Å². The smallest absolute Gasteiger partial charge is 0.318 e. The molecule has 1 aliphatic rings. The lowest BCUT2D eigenvalue weighted by Crippen LogP contribution is -2.45. The highest BCUT2D eigenvalue weighted by Gasteiger charge is 2.20. The van der Waals surface area contributed by atoms with Crippen molar-refractivity contribution in [1.82, 2.24) is 10.2 Å². The molecular formula is C19H22N4O3. The Kier molecular flexibility index (Phi) is 5.26. The van der Waals surface area contributed by atoms with Crippen LogP contribution in [-0.2, 0) is 17.8 Å². The molecule has 0 radical (unpaired) electrons. The van der Waals surface area contributed by atoms with Gasteiger partial charge in [0.1, 0.15) is 5.75 Å². The molecule has 0 atom stereocenters. The van der Waals surface area contributed by atoms with Crippen LogP contribution in [0.1, 0.15) is 11.1 Å². The Hall–Kier alpha value is -3.22. The number of carbonyl (C=O) groups excluding carboxylic acids is 2. The van der Waals surface area contributed by atoms with Gasteiger partial charge in [-0.2, -0.15) is 0 Å². The summed E-state index contributed by atoms with van der Waals surface area (Å²) in [6.45, 7) is 1.05. The zero-order valence-corrected chi connectivity index (χ0v) is 14.6. The minimum Gasteiger partial charge on any atom is -0.497 e. The summed E-state index contributed by atoms with van der Waals surface area (Å²) >= 11 is 0. The Bertz CT molecular complexity index is 822. The Morgan fingerprint density at radius 3 is 2.73 bits per heavy atom. The number of hydrogen-bond donors (Lipinski definition) is 3. The second-order valence-electron chi connectivity index (χ2n) is 6.10. The third kappa shape index (κ3) is 4.05. The molecule has 1 aliphatic heterocycles. The van der Waals surface area contributed by atoms with Crippen molar-refractivity contribution in [2.24, 2.45) is 0 Å². The lowest BCUT2D eigenvalue weighted by molar-refractivity contribution is -0.115. The van der Waals surface area contributed by atoms with Gasteiger partial charge >= 0.3 is 6.03 Å². The third-order valence-corrected chi connectivity index (χ3v) is 4.35. The summed E-state index contributed by atoms with van der Waals surface area (Å²) in [4.78, 5) is 26.1. The number of nitrogens with one attached hydrogen (secondary N) is 2. The fraction of sp³-hybridized carbons (Fsp3) is 0.263. The Morgan fingerprint density at radius 1 is 1.19 bits per heavy atom. The van der Waals surface area contributed by atoms with Crippen LogP contribution in [-0.4, -0.2) is 37.0 Å². The molecule has 0 aliphatic carbocycles. The van der Waals surface area contributed by atoms with E-state index in [1.54, 1.807) is 23.1 Å². The molecule has 0 fully saturated rings. The number of methoxy groups -OCH3 is 1. The fourth-order valence-corrected chi connectivity index (χ4v) is 2.90. The Balaban J connectivity index is 1.53. The lowest BCUT2D eigenvalue weighted by atomic mass is 10.0. The van der Waals surface area contributed by atoms with Gasteiger partial charge in [-0.1, -0.05) is 24.3 Å². The standard InChI is InChI=1S/C19H22N4O3/c1-26-15-6-7-16(20)17(10-15)22-18(24)11-21-19(25)23-9-8-13-4-2-3-5-14(13)12-23/h2-7,10H,8-9,11-12,20H2,1H3,(H,21,25)(H,22,24). The number of amides is 3. The highest BCUT2D eigenvalue weighted by molar-refractivity contribution is 5.97. The molecule has 3 rings (SSSR count). The van der Waals surface area contributed by atoms with Gasteiger partial charge in [0.05, 0.1) is 25.0 Å². The molecule has 2 aromatic rings. The van der Waals surface area contributed by atoms with E-state index in [2.05, 4.69) is 16.7 Å². The maximum atomic E-state index is 12.3. The first-order valence-corrected chi connectivity index (χ1v) is 8.39. The monoisotopic (exact) mass is 354 g/mol. The molecule has 0 aromatic heterocycles. The minimum atomic E-state index is -0.351. The van der Waals surface area contributed by atoms with E-state index >= 15 is 0 Å². The van der Waals surface area contributed by atoms with E-state index in [0.717, 1.165) is 12.0 Å². The first-order valence-electron chi connectivity index (χ1n) is 8.39. The molecule has 7 heteroatoms. The summed E-state index contributed by atoms with van der Waals surface area (Å²) in [5.41, 5.74) is 9.14. The fourth-order valence-electron chi connectivity index (χ4n) is 2.90. The normalized spacial score (nSPS) is 12.9. The summed E-state index contributed by atoms with van der Waals surface area (Å²) in [6.07, 6.45) is 0.816. The molecule has 136 valence electrons. The van der Waals surface area contributed by atoms with Crippen LogP contribution in [0.4, 0.5) is 16.2 Å². The molecule has 2 aromatic carbocycles. The van der Waals surface area contributed by atoms with Gasteiger partial charge in [0.25, 0.3) is 0 Å². The van der Waals surface area contributed by atoms with Gasteiger partial charge < -0.3 is 26.0 Å². The molecule has 4 N–H and O–H groups in total. The first-order chi connectivity index (χ1) is 12.6. The molecule has 3 amide bonds. The number of urea groups is 1. The second-order valence-corrected chi connectivity index (χ2v) is 6.10. The van der Waals surface area contributed by atoms with Crippen molar-refractivity contribution in [2.45, 2.75) is 13.0 Å². The molecule has 0 saturated heterocycles. The van der Waals surface area contributed by atoms with Crippen LogP contribution in [0, 0.1) is 0 Å². The average molecular weight is 354 g/mol. The van der Waals surface area contributed by atoms with Gasteiger partial charge in [-0.15, -0.1) is 0 Å². The summed E-state index contributed by atoms with van der Waals surface area (Å²) in [6, 6.07) is 12.8. The predicted octanol–water partition coefficient (Wildman–Crippen LogP) is 1.98. The SMILES string of the molecule is COc1ccc(N)c(NC(=O)CNC(=O)N2CCc3ccccc3C2)c1. The second kappa shape index (κ2) is 7.77. The number of benzene rings is 2. The number of fused-ring (bicyclic) bond motifs is 1. The van der Waals surface area contributed by atoms with Crippen LogP contribution in [0.2, 0.25) is 0 Å². The first kappa shape index (κ1) is 17.6. The van der Waals surface area contributed by atoms with E-state index in [1.807, 2.05) is 18.2 Å². The van der Waals surface area contributed by atoms with Gasteiger partial charge in [0.15, 0.2) is 0 Å². The number of ether oxygens (including phenoxy) is 1. The molecule has 0 unspecified atom stereocenters. The number of nitrogens with two attached hydrogens (primary N) is 1. The van der Waals surface area contributed by atoms with Crippen LogP contribution in [0.5, 0.6) is 5.75 Å². The molecule has 1 heterocycles. The number of hydrogen-bond acceptors (Lipinski definition) is 4. The van der Waals surface area contributed by atoms with E-state index in [0.29, 0.717) is 30.2 Å². The van der Waals surface area contributed by atoms with E-state index in [-0.39, 0.29) is 18.5 Å². The lowest BCUT2D eigenvalue weighted by Gasteiger charge is -2.28. The van der Waals surface area contributed by atoms with Crippen molar-refractivity contribution in [1.29, 1.82) is 0 Å². The molecule has 0 bridgehead atoms. The van der Waals surface area contributed by atoms with E-state index in [9.17, 15) is 9.59 Å². The minimum absolute atomic E-state index is 0.131. The largest absolute Gasteiger partial charge is 0.497 e. The molecular weight excluding hydrogens is 332 g/mol. The van der Waals surface area contributed by atoms with Crippen molar-refractivity contribution >= 4 is 23.3 Å². The summed E-state index contributed by atoms with van der Waals surface area (Å²) in [7, 11) is 1.54. The summed E-state index contributed by atoms with van der Waals surface area (Å²) in [5.74, 6) is 0.237. The Morgan fingerprint density at radius 2 is 1.96 bits per heavy atom. The zero-order valence-electron chi connectivity index (χ0n) is 14.6. The highest BCUT2D eigenvalue weighted by atomic mass is 16.5. The maximum Gasteiger partial charge on any atom is 0.318 e. The third-order valence-electron chi connectivity index (χ3n) is 4.35. The molecule has 0 spiro atoms. The van der Waals surface area contributed by atoms with Crippen LogP contribution in [0.25, 0.3) is 0 Å². The highest BCUT2D eigenvalue weighted by Crippen LogP contribution is 2.24. The molecule has 26 heavy (non-hydrogen) atoms. The average Bonchev–Trinajstić information content (AvgIpc) is 2.67. The van der Waals surface area contributed by atoms with Crippen LogP contribution < -0.4 is 21.1 Å². The maximum absolute atomic E-state index is 12.3. The quantitative estimate of drug-likeness (QED) is 0.732. The Labute approximate surface area is 152 Å². The van der Waals surface area contributed by atoms with Gasteiger partial charge in [0.2, 0.25) is 5.91 Å². The van der Waals surface area contributed by atoms with Crippen molar-refractivity contribution in [2.75, 3.05) is 31.2 Å². The predicted molar refractivity (Wildman–Crippen MR) is 100.0 cm³/mol. The van der Waals surface area contributed by atoms with E-state index in [4.69, 9.17) is 10.5 Å². The number of nitrogens with zero attached hydrogens (tertiary/aromatic N) is 1. The van der Waals surface area contributed by atoms with E-state index < -0.39 is 0 Å². The summed E-state index contributed by atoms with van der Waals surface area (Å²) < 4.78 is 5.11. The van der Waals surface area contributed by atoms with Gasteiger partial charge in [-0.3, -0.25) is 4.79 Å². The zero-order chi connectivity index (χ0) is 18.5. The number of nitrogen functional groups attached to an aromatic ring is 1. The van der Waals surface area contributed by atoms with Crippen LogP contribution in [0.15, 0.2) is 42.5 Å². The van der Waals surface area contributed by atoms with Crippen LogP contribution in [0.3, 0.4) is 0 Å². The number of anilines is 2. The van der Waals surface area contributed by atoms with Gasteiger partial charge in [-0.05, 0) is 29.7 Å². The van der Waals surface area contributed by atoms with Crippen LogP contribution >= 0.6 is 0 Å². The summed E-state index contributed by atoms with van der Waals surface area (Å²) in [5, 5.41) is 5.34. The van der Waals surface area contributed by atoms with Gasteiger partial charge in [-0.25, -0.2) is 4.79 Å².